The molecule has 132 valence electrons. The number of nitrogens with one attached hydrogen (secondary N) is 2. The van der Waals surface area contributed by atoms with Crippen molar-refractivity contribution in [3.8, 4) is 0 Å². The van der Waals surface area contributed by atoms with E-state index in [0.717, 1.165) is 5.56 Å². The van der Waals surface area contributed by atoms with Gasteiger partial charge in [-0.15, -0.1) is 0 Å². The molecule has 25 heavy (non-hydrogen) atoms. The molecule has 2 N–H and O–H groups in total. The smallest absolute Gasteiger partial charge is 0.326 e. The molecule has 0 aliphatic heterocycles. The van der Waals surface area contributed by atoms with Gasteiger partial charge in [0.05, 0.1) is 12.8 Å². The van der Waals surface area contributed by atoms with E-state index < -0.39 is 18.0 Å². The fraction of sp³-hybridized carbons (Fsp3) is 0.278. The number of aryl methyl sites for hydroxylation is 1. The van der Waals surface area contributed by atoms with Crippen molar-refractivity contribution in [3.63, 3.8) is 0 Å². The number of carbonyl (C=O) groups is 3. The van der Waals surface area contributed by atoms with Gasteiger partial charge < -0.3 is 19.8 Å². The van der Waals surface area contributed by atoms with Crippen molar-refractivity contribution < 1.29 is 23.5 Å². The van der Waals surface area contributed by atoms with Gasteiger partial charge in [-0.05, 0) is 38.1 Å². The van der Waals surface area contributed by atoms with Gasteiger partial charge >= 0.3 is 5.97 Å². The van der Waals surface area contributed by atoms with E-state index >= 15 is 0 Å². The maximum Gasteiger partial charge on any atom is 0.326 e. The Morgan fingerprint density at radius 1 is 1.16 bits per heavy atom. The number of furan rings is 1. The molecule has 2 aromatic rings. The molecule has 1 heterocycles. The van der Waals surface area contributed by atoms with Crippen LogP contribution in [-0.2, 0) is 20.9 Å². The molecule has 7 nitrogen and oxygen atoms in total. The largest absolute Gasteiger partial charge is 0.467 e. The maximum absolute atomic E-state index is 11.9. The van der Waals surface area contributed by atoms with Gasteiger partial charge in [0.1, 0.15) is 12.3 Å². The first-order chi connectivity index (χ1) is 12.0. The van der Waals surface area contributed by atoms with Crippen LogP contribution in [0.3, 0.4) is 0 Å². The first-order valence-corrected chi connectivity index (χ1v) is 7.80. The van der Waals surface area contributed by atoms with Crippen molar-refractivity contribution >= 4 is 17.8 Å². The zero-order valence-electron chi connectivity index (χ0n) is 14.1. The molecule has 7 heteroatoms. The highest BCUT2D eigenvalue weighted by atomic mass is 16.5. The van der Waals surface area contributed by atoms with Crippen molar-refractivity contribution in [3.05, 3.63) is 59.5 Å². The summed E-state index contributed by atoms with van der Waals surface area (Å²) in [6, 6.07) is 10.4. The molecular weight excluding hydrogens is 324 g/mol. The highest BCUT2D eigenvalue weighted by molar-refractivity contribution is 5.96. The highest BCUT2D eigenvalue weighted by Crippen LogP contribution is 2.03. The summed E-state index contributed by atoms with van der Waals surface area (Å²) in [5.74, 6) is -0.927. The average Bonchev–Trinajstić information content (AvgIpc) is 3.11. The lowest BCUT2D eigenvalue weighted by molar-refractivity contribution is -0.153. The van der Waals surface area contributed by atoms with Gasteiger partial charge in [-0.3, -0.25) is 14.4 Å². The van der Waals surface area contributed by atoms with Crippen LogP contribution in [0.25, 0.3) is 0 Å². The van der Waals surface area contributed by atoms with E-state index in [-0.39, 0.29) is 19.0 Å². The first kappa shape index (κ1) is 18.3. The Bertz CT molecular complexity index is 740. The summed E-state index contributed by atoms with van der Waals surface area (Å²) >= 11 is 0. The average molecular weight is 344 g/mol. The summed E-state index contributed by atoms with van der Waals surface area (Å²) in [5, 5.41) is 5.05. The van der Waals surface area contributed by atoms with Gasteiger partial charge in [0.15, 0.2) is 6.10 Å². The Hall–Kier alpha value is -3.09. The second-order valence-electron chi connectivity index (χ2n) is 5.48. The number of carbonyl (C=O) groups excluding carboxylic acids is 3. The molecule has 0 radical (unpaired) electrons. The summed E-state index contributed by atoms with van der Waals surface area (Å²) in [5.41, 5.74) is 1.40. The van der Waals surface area contributed by atoms with E-state index in [0.29, 0.717) is 11.3 Å². The molecule has 0 bridgehead atoms. The van der Waals surface area contributed by atoms with E-state index in [9.17, 15) is 14.4 Å². The molecule has 1 aromatic heterocycles. The standard InChI is InChI=1S/C18H20N2O5/c1-12-5-3-6-14(9-12)18(23)20-11-16(21)25-13(2)17(22)19-10-15-7-4-8-24-15/h3-9,13H,10-11H2,1-2H3,(H,19,22)(H,20,23)/t13-/m0/s1. The van der Waals surface area contributed by atoms with Crippen LogP contribution < -0.4 is 10.6 Å². The lowest BCUT2D eigenvalue weighted by Crippen LogP contribution is -2.38. The van der Waals surface area contributed by atoms with Crippen LogP contribution in [0.2, 0.25) is 0 Å². The van der Waals surface area contributed by atoms with Crippen LogP contribution in [0.4, 0.5) is 0 Å². The quantitative estimate of drug-likeness (QED) is 0.743. The fourth-order valence-electron chi connectivity index (χ4n) is 2.06. The van der Waals surface area contributed by atoms with Crippen LogP contribution in [0, 0.1) is 6.92 Å². The molecule has 0 spiro atoms. The first-order valence-electron chi connectivity index (χ1n) is 7.80. The van der Waals surface area contributed by atoms with Crippen LogP contribution in [-0.4, -0.2) is 30.4 Å². The van der Waals surface area contributed by atoms with Gasteiger partial charge in [0, 0.05) is 5.56 Å². The van der Waals surface area contributed by atoms with Crippen LogP contribution in [0.5, 0.6) is 0 Å². The Morgan fingerprint density at radius 3 is 2.64 bits per heavy atom. The van der Waals surface area contributed by atoms with Gasteiger partial charge in [-0.2, -0.15) is 0 Å². The molecular formula is C18H20N2O5. The lowest BCUT2D eigenvalue weighted by atomic mass is 10.1. The fourth-order valence-corrected chi connectivity index (χ4v) is 2.06. The minimum absolute atomic E-state index is 0.206. The van der Waals surface area contributed by atoms with Crippen molar-refractivity contribution in [2.45, 2.75) is 26.5 Å². The Kier molecular flexibility index (Phi) is 6.33. The minimum Gasteiger partial charge on any atom is -0.467 e. The minimum atomic E-state index is -0.974. The summed E-state index contributed by atoms with van der Waals surface area (Å²) in [6.07, 6.45) is 0.528. The Morgan fingerprint density at radius 2 is 1.96 bits per heavy atom. The van der Waals surface area contributed by atoms with Crippen molar-refractivity contribution in [1.29, 1.82) is 0 Å². The van der Waals surface area contributed by atoms with Crippen molar-refractivity contribution in [1.82, 2.24) is 10.6 Å². The maximum atomic E-state index is 11.9. The summed E-state index contributed by atoms with van der Waals surface area (Å²) < 4.78 is 10.1. The second kappa shape index (κ2) is 8.68. The molecule has 0 unspecified atom stereocenters. The number of rotatable bonds is 7. The van der Waals surface area contributed by atoms with Crippen molar-refractivity contribution in [2.75, 3.05) is 6.54 Å². The van der Waals surface area contributed by atoms with E-state index in [2.05, 4.69) is 10.6 Å². The number of amides is 2. The third-order valence-electron chi connectivity index (χ3n) is 3.37. The molecule has 2 amide bonds. The Labute approximate surface area is 145 Å². The van der Waals surface area contributed by atoms with E-state index in [1.54, 1.807) is 30.3 Å². The SMILES string of the molecule is Cc1cccc(C(=O)NCC(=O)O[C@@H](C)C(=O)NCc2ccco2)c1. The van der Waals surface area contributed by atoms with E-state index in [4.69, 9.17) is 9.15 Å². The van der Waals surface area contributed by atoms with Gasteiger partial charge in [0.2, 0.25) is 0 Å². The van der Waals surface area contributed by atoms with Gasteiger partial charge in [0.25, 0.3) is 11.8 Å². The topological polar surface area (TPSA) is 97.6 Å². The summed E-state index contributed by atoms with van der Waals surface area (Å²) in [6.45, 7) is 3.21. The summed E-state index contributed by atoms with van der Waals surface area (Å²) in [7, 11) is 0. The molecule has 2 rings (SSSR count). The molecule has 0 saturated heterocycles. The monoisotopic (exact) mass is 344 g/mol. The number of esters is 1. The number of hydrogen-bond donors (Lipinski definition) is 2. The van der Waals surface area contributed by atoms with Crippen molar-refractivity contribution in [2.24, 2.45) is 0 Å². The van der Waals surface area contributed by atoms with E-state index in [1.807, 2.05) is 13.0 Å². The lowest BCUT2D eigenvalue weighted by Gasteiger charge is -2.13. The third-order valence-corrected chi connectivity index (χ3v) is 3.37. The Balaban J connectivity index is 1.73. The highest BCUT2D eigenvalue weighted by Gasteiger charge is 2.18. The molecule has 1 aromatic carbocycles. The van der Waals surface area contributed by atoms with Crippen LogP contribution >= 0.6 is 0 Å². The van der Waals surface area contributed by atoms with Crippen LogP contribution in [0.15, 0.2) is 47.1 Å². The molecule has 0 fully saturated rings. The number of hydrogen-bond acceptors (Lipinski definition) is 5. The van der Waals surface area contributed by atoms with Gasteiger partial charge in [-0.1, -0.05) is 17.7 Å². The summed E-state index contributed by atoms with van der Waals surface area (Å²) in [4.78, 5) is 35.6. The number of ether oxygens (including phenoxy) is 1. The molecule has 1 atom stereocenters. The van der Waals surface area contributed by atoms with Crippen LogP contribution in [0.1, 0.15) is 28.6 Å². The second-order valence-corrected chi connectivity index (χ2v) is 5.48. The predicted molar refractivity (Wildman–Crippen MR) is 89.6 cm³/mol. The normalized spacial score (nSPS) is 11.4. The molecule has 0 saturated carbocycles. The zero-order valence-corrected chi connectivity index (χ0v) is 14.1. The zero-order chi connectivity index (χ0) is 18.2. The van der Waals surface area contributed by atoms with Gasteiger partial charge in [-0.25, -0.2) is 0 Å². The molecule has 0 aliphatic carbocycles. The predicted octanol–water partition coefficient (Wildman–Crippen LogP) is 1.57. The molecule has 0 aliphatic rings. The van der Waals surface area contributed by atoms with E-state index in [1.165, 1.54) is 13.2 Å². The third kappa shape index (κ3) is 5.80. The number of benzene rings is 1.